The number of anilines is 1. The van der Waals surface area contributed by atoms with Crippen molar-refractivity contribution in [1.29, 1.82) is 0 Å². The van der Waals surface area contributed by atoms with Crippen molar-refractivity contribution < 1.29 is 13.2 Å². The SMILES string of the molecule is Cc1ccc(NC(=O)c2ccc(CS(=O)(=O)c3ccccc3)cc2)cc1. The average molecular weight is 365 g/mol. The third kappa shape index (κ3) is 4.37. The van der Waals surface area contributed by atoms with Gasteiger partial charge in [0.15, 0.2) is 9.84 Å². The quantitative estimate of drug-likeness (QED) is 0.736. The van der Waals surface area contributed by atoms with Crippen molar-refractivity contribution in [2.24, 2.45) is 0 Å². The molecule has 0 heterocycles. The molecule has 1 N–H and O–H groups in total. The number of hydrogen-bond acceptors (Lipinski definition) is 3. The molecule has 0 aliphatic heterocycles. The molecule has 3 aromatic carbocycles. The van der Waals surface area contributed by atoms with Gasteiger partial charge >= 0.3 is 0 Å². The van der Waals surface area contributed by atoms with Crippen LogP contribution in [-0.2, 0) is 15.6 Å². The summed E-state index contributed by atoms with van der Waals surface area (Å²) >= 11 is 0. The lowest BCUT2D eigenvalue weighted by Gasteiger charge is -2.07. The van der Waals surface area contributed by atoms with E-state index in [1.807, 2.05) is 31.2 Å². The summed E-state index contributed by atoms with van der Waals surface area (Å²) in [4.78, 5) is 12.6. The van der Waals surface area contributed by atoms with Crippen molar-refractivity contribution in [1.82, 2.24) is 0 Å². The smallest absolute Gasteiger partial charge is 0.255 e. The first-order chi connectivity index (χ1) is 12.4. The van der Waals surface area contributed by atoms with Crippen LogP contribution < -0.4 is 5.32 Å². The van der Waals surface area contributed by atoms with E-state index in [1.54, 1.807) is 54.6 Å². The molecule has 4 nitrogen and oxygen atoms in total. The third-order valence-corrected chi connectivity index (χ3v) is 5.69. The van der Waals surface area contributed by atoms with E-state index >= 15 is 0 Å². The number of amides is 1. The Kier molecular flexibility index (Phi) is 5.19. The second kappa shape index (κ2) is 7.54. The van der Waals surface area contributed by atoms with E-state index in [0.29, 0.717) is 16.0 Å². The maximum Gasteiger partial charge on any atom is 0.255 e. The zero-order valence-corrected chi connectivity index (χ0v) is 15.2. The summed E-state index contributed by atoms with van der Waals surface area (Å²) in [7, 11) is -3.40. The molecule has 0 aromatic heterocycles. The Hall–Kier alpha value is -2.92. The molecule has 26 heavy (non-hydrogen) atoms. The highest BCUT2D eigenvalue weighted by molar-refractivity contribution is 7.90. The lowest BCUT2D eigenvalue weighted by molar-refractivity contribution is 0.102. The molecule has 0 radical (unpaired) electrons. The minimum Gasteiger partial charge on any atom is -0.322 e. The predicted molar refractivity (Wildman–Crippen MR) is 103 cm³/mol. The van der Waals surface area contributed by atoms with E-state index in [9.17, 15) is 13.2 Å². The van der Waals surface area contributed by atoms with Crippen molar-refractivity contribution in [2.45, 2.75) is 17.6 Å². The first-order valence-corrected chi connectivity index (χ1v) is 9.84. The van der Waals surface area contributed by atoms with E-state index in [-0.39, 0.29) is 11.7 Å². The van der Waals surface area contributed by atoms with Crippen molar-refractivity contribution in [2.75, 3.05) is 5.32 Å². The summed E-state index contributed by atoms with van der Waals surface area (Å²) < 4.78 is 24.8. The van der Waals surface area contributed by atoms with Gasteiger partial charge in [0.1, 0.15) is 0 Å². The van der Waals surface area contributed by atoms with Crippen LogP contribution in [0.25, 0.3) is 0 Å². The summed E-state index contributed by atoms with van der Waals surface area (Å²) in [5.74, 6) is -0.331. The maximum absolute atomic E-state index is 12.4. The summed E-state index contributed by atoms with van der Waals surface area (Å²) in [5, 5.41) is 2.82. The van der Waals surface area contributed by atoms with Crippen LogP contribution >= 0.6 is 0 Å². The molecule has 0 aliphatic carbocycles. The summed E-state index contributed by atoms with van der Waals surface area (Å²) in [6.45, 7) is 1.98. The zero-order chi connectivity index (χ0) is 18.6. The lowest BCUT2D eigenvalue weighted by Crippen LogP contribution is -2.12. The Morgan fingerprint density at radius 3 is 2.08 bits per heavy atom. The number of benzene rings is 3. The Balaban J connectivity index is 1.70. The lowest BCUT2D eigenvalue weighted by atomic mass is 10.1. The number of hydrogen-bond donors (Lipinski definition) is 1. The van der Waals surface area contributed by atoms with Gasteiger partial charge in [0.2, 0.25) is 0 Å². The van der Waals surface area contributed by atoms with E-state index in [2.05, 4.69) is 5.32 Å². The molecule has 0 fully saturated rings. The van der Waals surface area contributed by atoms with Gasteiger partial charge in [0.05, 0.1) is 10.6 Å². The van der Waals surface area contributed by atoms with Crippen LogP contribution in [0, 0.1) is 6.92 Å². The molecule has 0 saturated heterocycles. The largest absolute Gasteiger partial charge is 0.322 e. The zero-order valence-electron chi connectivity index (χ0n) is 14.3. The van der Waals surface area contributed by atoms with Crippen LogP contribution in [0.15, 0.2) is 83.8 Å². The molecule has 3 rings (SSSR count). The molecule has 132 valence electrons. The predicted octanol–water partition coefficient (Wildman–Crippen LogP) is 4.22. The minimum absolute atomic E-state index is 0.100. The Morgan fingerprint density at radius 2 is 1.46 bits per heavy atom. The molecule has 0 saturated carbocycles. The molecule has 0 atom stereocenters. The Labute approximate surface area is 153 Å². The van der Waals surface area contributed by atoms with Crippen LogP contribution in [0.5, 0.6) is 0 Å². The van der Waals surface area contributed by atoms with Crippen LogP contribution in [0.4, 0.5) is 5.69 Å². The van der Waals surface area contributed by atoms with Crippen molar-refractivity contribution in [3.8, 4) is 0 Å². The van der Waals surface area contributed by atoms with Gasteiger partial charge in [-0.15, -0.1) is 0 Å². The highest BCUT2D eigenvalue weighted by Crippen LogP contribution is 2.17. The number of aryl methyl sites for hydroxylation is 1. The number of carbonyl (C=O) groups is 1. The fourth-order valence-corrected chi connectivity index (χ4v) is 3.89. The van der Waals surface area contributed by atoms with Gasteiger partial charge in [-0.05, 0) is 48.9 Å². The van der Waals surface area contributed by atoms with E-state index in [4.69, 9.17) is 0 Å². The van der Waals surface area contributed by atoms with Crippen LogP contribution in [0.1, 0.15) is 21.5 Å². The summed E-state index contributed by atoms with van der Waals surface area (Å²) in [5.41, 5.74) is 2.95. The third-order valence-electron chi connectivity index (χ3n) is 3.98. The highest BCUT2D eigenvalue weighted by atomic mass is 32.2. The average Bonchev–Trinajstić information content (AvgIpc) is 2.64. The first-order valence-electron chi connectivity index (χ1n) is 8.19. The molecule has 3 aromatic rings. The van der Waals surface area contributed by atoms with E-state index in [1.165, 1.54) is 0 Å². The van der Waals surface area contributed by atoms with Crippen molar-refractivity contribution in [3.63, 3.8) is 0 Å². The second-order valence-corrected chi connectivity index (χ2v) is 8.08. The number of rotatable bonds is 5. The first kappa shape index (κ1) is 17.9. The van der Waals surface area contributed by atoms with Gasteiger partial charge in [-0.1, -0.05) is 48.0 Å². The van der Waals surface area contributed by atoms with Gasteiger partial charge in [-0.3, -0.25) is 4.79 Å². The number of nitrogens with one attached hydrogen (secondary N) is 1. The number of sulfone groups is 1. The van der Waals surface area contributed by atoms with E-state index in [0.717, 1.165) is 11.3 Å². The van der Waals surface area contributed by atoms with Crippen LogP contribution in [-0.4, -0.2) is 14.3 Å². The topological polar surface area (TPSA) is 63.2 Å². The van der Waals surface area contributed by atoms with E-state index < -0.39 is 9.84 Å². The Morgan fingerprint density at radius 1 is 0.846 bits per heavy atom. The minimum atomic E-state index is -3.40. The fourth-order valence-electron chi connectivity index (χ4n) is 2.52. The molecular formula is C21H19NO3S. The number of carbonyl (C=O) groups excluding carboxylic acids is 1. The van der Waals surface area contributed by atoms with Gasteiger partial charge < -0.3 is 5.32 Å². The molecule has 0 bridgehead atoms. The molecular weight excluding hydrogens is 346 g/mol. The van der Waals surface area contributed by atoms with Gasteiger partial charge in [0, 0.05) is 11.3 Å². The van der Waals surface area contributed by atoms with Gasteiger partial charge in [0.25, 0.3) is 5.91 Å². The van der Waals surface area contributed by atoms with Gasteiger partial charge in [-0.25, -0.2) is 8.42 Å². The summed E-state index contributed by atoms with van der Waals surface area (Å²) in [6.07, 6.45) is 0. The molecule has 0 spiro atoms. The van der Waals surface area contributed by atoms with Crippen LogP contribution in [0.3, 0.4) is 0 Å². The summed E-state index contributed by atoms with van der Waals surface area (Å²) in [6, 6.07) is 22.5. The molecule has 0 unspecified atom stereocenters. The van der Waals surface area contributed by atoms with Crippen molar-refractivity contribution >= 4 is 21.4 Å². The standard InChI is InChI=1S/C21H19NO3S/c1-16-7-13-19(14-8-16)22-21(23)18-11-9-17(10-12-18)15-26(24,25)20-5-3-2-4-6-20/h2-14H,15H2,1H3,(H,22,23). The van der Waals surface area contributed by atoms with Gasteiger partial charge in [-0.2, -0.15) is 0 Å². The maximum atomic E-state index is 12.4. The fraction of sp³-hybridized carbons (Fsp3) is 0.0952. The second-order valence-electron chi connectivity index (χ2n) is 6.09. The monoisotopic (exact) mass is 365 g/mol. The molecule has 1 amide bonds. The molecule has 0 aliphatic rings. The normalized spacial score (nSPS) is 11.1. The molecule has 5 heteroatoms. The highest BCUT2D eigenvalue weighted by Gasteiger charge is 2.15. The Bertz CT molecular complexity index is 993. The van der Waals surface area contributed by atoms with Crippen LogP contribution in [0.2, 0.25) is 0 Å². The van der Waals surface area contributed by atoms with Crippen molar-refractivity contribution in [3.05, 3.63) is 95.6 Å².